The average molecular weight is 778 g/mol. The van der Waals surface area contributed by atoms with E-state index in [1.807, 2.05) is 121 Å². The summed E-state index contributed by atoms with van der Waals surface area (Å²) in [6.45, 7) is 11.9. The molecule has 4 atom stereocenters. The lowest BCUT2D eigenvalue weighted by Gasteiger charge is -2.43. The van der Waals surface area contributed by atoms with Crippen molar-refractivity contribution in [1.29, 1.82) is 0 Å². The van der Waals surface area contributed by atoms with Crippen LogP contribution in [0.25, 0.3) is 10.4 Å². The molecule has 2 fully saturated rings. The van der Waals surface area contributed by atoms with E-state index in [1.165, 1.54) is 0 Å². The maximum Gasteiger partial charge on any atom is 0.261 e. The van der Waals surface area contributed by atoms with Crippen molar-refractivity contribution in [3.63, 3.8) is 0 Å². The van der Waals surface area contributed by atoms with Gasteiger partial charge in [-0.15, -0.1) is 0 Å². The number of aliphatic hydroxyl groups is 1. The van der Waals surface area contributed by atoms with E-state index in [9.17, 15) is 22.7 Å². The lowest BCUT2D eigenvalue weighted by atomic mass is 10.2. The van der Waals surface area contributed by atoms with Gasteiger partial charge in [-0.2, -0.15) is 0 Å². The van der Waals surface area contributed by atoms with Crippen molar-refractivity contribution in [1.82, 2.24) is 0 Å². The summed E-state index contributed by atoms with van der Waals surface area (Å²) in [6.07, 6.45) is 0. The highest BCUT2D eigenvalue weighted by atomic mass is 28.4. The first-order valence-electron chi connectivity index (χ1n) is 18.4. The fraction of sp³-hybridized carbons (Fsp3) is 0.429. The minimum atomic E-state index is -2.85. The summed E-state index contributed by atoms with van der Waals surface area (Å²) in [6, 6.07) is 39.8. The molecule has 2 aliphatic carbocycles. The second kappa shape index (κ2) is 16.1. The van der Waals surface area contributed by atoms with E-state index in [-0.39, 0.29) is 29.8 Å². The van der Waals surface area contributed by atoms with E-state index in [4.69, 9.17) is 14.4 Å². The Balaban J connectivity index is 0.000000208. The molecule has 4 aromatic carbocycles. The lowest BCUT2D eigenvalue weighted by molar-refractivity contribution is 0.0649. The molecular formula is C42H51F4N3O3Si2. The summed E-state index contributed by atoms with van der Waals surface area (Å²) in [5, 5.41) is 16.3. The van der Waals surface area contributed by atoms with Crippen LogP contribution in [-0.4, -0.2) is 60.0 Å². The van der Waals surface area contributed by atoms with Crippen LogP contribution in [-0.2, 0) is 8.85 Å². The highest BCUT2D eigenvalue weighted by Gasteiger charge is 2.69. The number of aliphatic hydroxyl groups excluding tert-OH is 1. The van der Waals surface area contributed by atoms with Crippen LogP contribution in [0.1, 0.15) is 41.5 Å². The highest BCUT2D eigenvalue weighted by molar-refractivity contribution is 7.00. The summed E-state index contributed by atoms with van der Waals surface area (Å²) in [7, 11) is -5.62. The molecule has 0 amide bonds. The van der Waals surface area contributed by atoms with Crippen LogP contribution in [0.2, 0.25) is 10.1 Å². The minimum Gasteiger partial charge on any atom is -0.407 e. The third-order valence-electron chi connectivity index (χ3n) is 11.1. The van der Waals surface area contributed by atoms with Gasteiger partial charge in [0.25, 0.3) is 28.5 Å². The van der Waals surface area contributed by atoms with E-state index in [0.717, 1.165) is 20.7 Å². The van der Waals surface area contributed by atoms with Gasteiger partial charge >= 0.3 is 0 Å². The Hall–Kier alpha value is -3.78. The van der Waals surface area contributed by atoms with Crippen LogP contribution in [0.5, 0.6) is 0 Å². The summed E-state index contributed by atoms with van der Waals surface area (Å²) in [5.74, 6) is -9.43. The quantitative estimate of drug-likeness (QED) is 0.0489. The first kappa shape index (κ1) is 41.4. The van der Waals surface area contributed by atoms with Crippen LogP contribution in [0, 0.1) is 23.7 Å². The van der Waals surface area contributed by atoms with Gasteiger partial charge < -0.3 is 14.0 Å². The summed E-state index contributed by atoms with van der Waals surface area (Å²) in [4.78, 5) is 2.62. The molecule has 0 spiro atoms. The maximum atomic E-state index is 14.2. The molecule has 288 valence electrons. The standard InChI is InChI=1S/C21H25F2N3OSi.C21H26F2O2Si/c1-20(2,3)28(16-10-6-4-7-11-16,17-12-8-5-9-13-17)27-15-19-18(14-25-26-24)21(19,22)23;1-20(2,3)26(16-10-6-4-7-11-16,17-12-8-5-9-13-17)25-15-19-18(14-24)21(19,22)23/h4-13,18-19H,14-15H2,1-3H3;4-13,18-19,24H,14-15H2,1-3H3/t2*18-,19-/m00/s1. The van der Waals surface area contributed by atoms with E-state index < -0.39 is 58.8 Å². The molecule has 6 rings (SSSR count). The molecular weight excluding hydrogens is 727 g/mol. The molecule has 2 saturated carbocycles. The number of azide groups is 1. The molecule has 0 heterocycles. The predicted molar refractivity (Wildman–Crippen MR) is 212 cm³/mol. The number of hydrogen-bond acceptors (Lipinski definition) is 4. The molecule has 1 N–H and O–H groups in total. The van der Waals surface area contributed by atoms with Gasteiger partial charge in [0.2, 0.25) is 0 Å². The molecule has 0 aromatic heterocycles. The lowest BCUT2D eigenvalue weighted by Crippen LogP contribution is -2.66. The van der Waals surface area contributed by atoms with Gasteiger partial charge in [-0.1, -0.05) is 168 Å². The first-order chi connectivity index (χ1) is 25.5. The van der Waals surface area contributed by atoms with E-state index in [0.29, 0.717) is 0 Å². The Morgan fingerprint density at radius 2 is 0.870 bits per heavy atom. The van der Waals surface area contributed by atoms with Crippen LogP contribution in [0.4, 0.5) is 17.6 Å². The molecule has 2 aliphatic rings. The van der Waals surface area contributed by atoms with E-state index in [1.54, 1.807) is 0 Å². The Bertz CT molecular complexity index is 1780. The van der Waals surface area contributed by atoms with Gasteiger partial charge in [-0.3, -0.25) is 0 Å². The Morgan fingerprint density at radius 3 is 1.13 bits per heavy atom. The molecule has 0 radical (unpaired) electrons. The van der Waals surface area contributed by atoms with E-state index >= 15 is 0 Å². The van der Waals surface area contributed by atoms with Crippen LogP contribution >= 0.6 is 0 Å². The molecule has 12 heteroatoms. The zero-order valence-corrected chi connectivity index (χ0v) is 33.8. The molecule has 0 bridgehead atoms. The summed E-state index contributed by atoms with van der Waals surface area (Å²) < 4.78 is 69.3. The predicted octanol–water partition coefficient (Wildman–Crippen LogP) is 8.19. The number of benzene rings is 4. The van der Waals surface area contributed by atoms with Crippen molar-refractivity contribution < 1.29 is 31.5 Å². The monoisotopic (exact) mass is 777 g/mol. The molecule has 0 saturated heterocycles. The summed E-state index contributed by atoms with van der Waals surface area (Å²) >= 11 is 0. The van der Waals surface area contributed by atoms with Gasteiger partial charge in [0.1, 0.15) is 0 Å². The smallest absolute Gasteiger partial charge is 0.261 e. The van der Waals surface area contributed by atoms with Gasteiger partial charge in [-0.25, -0.2) is 17.6 Å². The molecule has 4 aromatic rings. The van der Waals surface area contributed by atoms with Crippen molar-refractivity contribution in [3.05, 3.63) is 132 Å². The molecule has 0 unspecified atom stereocenters. The minimum absolute atomic E-state index is 0.0362. The topological polar surface area (TPSA) is 87.5 Å². The Labute approximate surface area is 318 Å². The zero-order chi connectivity index (χ0) is 39.4. The number of nitrogens with zero attached hydrogens (tertiary/aromatic N) is 3. The first-order valence-corrected chi connectivity index (χ1v) is 22.2. The van der Waals surface area contributed by atoms with Gasteiger partial charge in [0.15, 0.2) is 0 Å². The number of halogens is 4. The van der Waals surface area contributed by atoms with Crippen molar-refractivity contribution in [2.24, 2.45) is 28.8 Å². The van der Waals surface area contributed by atoms with E-state index in [2.05, 4.69) is 51.6 Å². The SMILES string of the molecule is CC(C)(C)[Si](OC[C@H]1[C@H](CN=[N+]=[N-])C1(F)F)(c1ccccc1)c1ccccc1.CC(C)(C)[Si](OC[C@H]1[C@H](CO)C1(F)F)(c1ccccc1)c1ccccc1. The number of alkyl halides is 4. The third kappa shape index (κ3) is 7.96. The molecule has 6 nitrogen and oxygen atoms in total. The van der Waals surface area contributed by atoms with Crippen LogP contribution in [0.15, 0.2) is 126 Å². The van der Waals surface area contributed by atoms with Crippen molar-refractivity contribution >= 4 is 37.4 Å². The van der Waals surface area contributed by atoms with Crippen LogP contribution < -0.4 is 20.7 Å². The number of rotatable bonds is 13. The van der Waals surface area contributed by atoms with Gasteiger partial charge in [0, 0.05) is 30.6 Å². The van der Waals surface area contributed by atoms with Gasteiger partial charge in [-0.05, 0) is 36.4 Å². The fourth-order valence-electron chi connectivity index (χ4n) is 7.95. The highest BCUT2D eigenvalue weighted by Crippen LogP contribution is 2.57. The largest absolute Gasteiger partial charge is 0.407 e. The van der Waals surface area contributed by atoms with Gasteiger partial charge in [0.05, 0.1) is 24.4 Å². The zero-order valence-electron chi connectivity index (χ0n) is 31.8. The Morgan fingerprint density at radius 1 is 0.574 bits per heavy atom. The van der Waals surface area contributed by atoms with Crippen molar-refractivity contribution in [2.45, 2.75) is 63.5 Å². The number of hydrogen-bond donors (Lipinski definition) is 1. The second-order valence-corrected chi connectivity index (χ2v) is 24.9. The summed E-state index contributed by atoms with van der Waals surface area (Å²) in [5.41, 5.74) is 8.45. The van der Waals surface area contributed by atoms with Crippen molar-refractivity contribution in [3.8, 4) is 0 Å². The average Bonchev–Trinajstić information content (AvgIpc) is 3.91. The fourth-order valence-corrected chi connectivity index (χ4v) is 17.1. The molecule has 0 aliphatic heterocycles. The Kier molecular flexibility index (Phi) is 12.4. The normalized spacial score (nSPS) is 21.6. The van der Waals surface area contributed by atoms with Crippen LogP contribution in [0.3, 0.4) is 0 Å². The maximum absolute atomic E-state index is 14.2. The third-order valence-corrected chi connectivity index (χ3v) is 21.1. The second-order valence-electron chi connectivity index (χ2n) is 16.3. The molecule has 54 heavy (non-hydrogen) atoms. The van der Waals surface area contributed by atoms with Crippen molar-refractivity contribution in [2.75, 3.05) is 26.4 Å².